The second-order valence-electron chi connectivity index (χ2n) is 1.68. The molecular formula is C5H13O4P. The van der Waals surface area contributed by atoms with Crippen molar-refractivity contribution >= 4 is 7.60 Å². The lowest BCUT2D eigenvalue weighted by atomic mass is 10.9. The van der Waals surface area contributed by atoms with Crippen LogP contribution in [0.2, 0.25) is 0 Å². The molecule has 4 nitrogen and oxygen atoms in total. The second-order valence-corrected chi connectivity index (χ2v) is 3.47. The van der Waals surface area contributed by atoms with Crippen LogP contribution in [0.25, 0.3) is 0 Å². The maximum Gasteiger partial charge on any atom is 0.353 e. The van der Waals surface area contributed by atoms with Gasteiger partial charge in [-0.05, 0) is 13.8 Å². The van der Waals surface area contributed by atoms with Gasteiger partial charge in [-0.2, -0.15) is 0 Å². The lowest BCUT2D eigenvalue weighted by Gasteiger charge is -2.09. The van der Waals surface area contributed by atoms with E-state index in [0.717, 1.165) is 0 Å². The third-order valence-corrected chi connectivity index (χ3v) is 1.96. The van der Waals surface area contributed by atoms with Gasteiger partial charge in [-0.1, -0.05) is 0 Å². The van der Waals surface area contributed by atoms with Gasteiger partial charge in [0.1, 0.15) is 6.35 Å². The topological polar surface area (TPSA) is 55.8 Å². The smallest absolute Gasteiger partial charge is 0.353 e. The predicted molar refractivity (Wildman–Crippen MR) is 37.9 cm³/mol. The molecule has 1 atom stereocenters. The van der Waals surface area contributed by atoms with Gasteiger partial charge < -0.3 is 14.2 Å². The molecule has 10 heavy (non-hydrogen) atoms. The van der Waals surface area contributed by atoms with Gasteiger partial charge >= 0.3 is 7.60 Å². The van der Waals surface area contributed by atoms with Crippen LogP contribution in [0, 0.1) is 0 Å². The van der Waals surface area contributed by atoms with E-state index in [0.29, 0.717) is 6.61 Å². The lowest BCUT2D eigenvalue weighted by molar-refractivity contribution is 0.157. The van der Waals surface area contributed by atoms with Crippen LogP contribution in [0.3, 0.4) is 0 Å². The summed E-state index contributed by atoms with van der Waals surface area (Å²) in [5.74, 6) is 0. The Kier molecular flexibility index (Phi) is 4.91. The maximum atomic E-state index is 10.8. The second kappa shape index (κ2) is 4.85. The molecule has 0 amide bonds. The minimum absolute atomic E-state index is 0.211. The molecule has 0 fully saturated rings. The third-order valence-electron chi connectivity index (χ3n) is 0.789. The summed E-state index contributed by atoms with van der Waals surface area (Å²) in [5.41, 5.74) is 0. The predicted octanol–water partition coefficient (Wildman–Crippen LogP) is 1.20. The highest BCUT2D eigenvalue weighted by atomic mass is 31.2. The molecule has 0 saturated heterocycles. The Labute approximate surface area is 60.7 Å². The molecule has 62 valence electrons. The van der Waals surface area contributed by atoms with Crippen LogP contribution in [0.5, 0.6) is 0 Å². The Morgan fingerprint density at radius 3 is 2.40 bits per heavy atom. The van der Waals surface area contributed by atoms with Crippen molar-refractivity contribution in [1.29, 1.82) is 0 Å². The zero-order valence-electron chi connectivity index (χ0n) is 6.24. The molecule has 0 aliphatic rings. The molecule has 1 N–H and O–H groups in total. The molecule has 0 heterocycles. The summed E-state index contributed by atoms with van der Waals surface area (Å²) in [4.78, 5) is 8.85. The van der Waals surface area contributed by atoms with E-state index in [1.165, 1.54) is 0 Å². The molecule has 0 rings (SSSR count). The van der Waals surface area contributed by atoms with E-state index in [-0.39, 0.29) is 13.0 Å². The van der Waals surface area contributed by atoms with Gasteiger partial charge in [0.25, 0.3) is 0 Å². The van der Waals surface area contributed by atoms with Gasteiger partial charge in [-0.3, -0.25) is 4.57 Å². The van der Waals surface area contributed by atoms with E-state index >= 15 is 0 Å². The van der Waals surface area contributed by atoms with E-state index in [2.05, 4.69) is 4.52 Å². The Balaban J connectivity index is 3.53. The van der Waals surface area contributed by atoms with Crippen LogP contribution in [0.1, 0.15) is 13.8 Å². The van der Waals surface area contributed by atoms with Gasteiger partial charge in [-0.15, -0.1) is 0 Å². The minimum atomic E-state index is -3.43. The molecule has 0 aromatic heterocycles. The van der Waals surface area contributed by atoms with E-state index in [1.54, 1.807) is 13.8 Å². The summed E-state index contributed by atoms with van der Waals surface area (Å²) in [7, 11) is -3.43. The number of hydrogen-bond donors (Lipinski definition) is 1. The van der Waals surface area contributed by atoms with Crippen LogP contribution in [0.4, 0.5) is 0 Å². The van der Waals surface area contributed by atoms with Crippen LogP contribution in [0.15, 0.2) is 0 Å². The highest BCUT2D eigenvalue weighted by Gasteiger charge is 2.17. The van der Waals surface area contributed by atoms with Crippen molar-refractivity contribution in [2.24, 2.45) is 0 Å². The highest BCUT2D eigenvalue weighted by Crippen LogP contribution is 2.41. The average molecular weight is 168 g/mol. The van der Waals surface area contributed by atoms with Crippen molar-refractivity contribution in [3.63, 3.8) is 0 Å². The molecule has 5 heteroatoms. The molecular weight excluding hydrogens is 155 g/mol. The zero-order chi connectivity index (χ0) is 8.04. The Hall–Kier alpha value is 0.110. The lowest BCUT2D eigenvalue weighted by Crippen LogP contribution is -1.98. The van der Waals surface area contributed by atoms with Gasteiger partial charge in [0, 0.05) is 6.61 Å². The van der Waals surface area contributed by atoms with Crippen LogP contribution < -0.4 is 0 Å². The molecule has 0 aromatic carbocycles. The molecule has 0 aliphatic carbocycles. The molecule has 1 unspecified atom stereocenters. The Morgan fingerprint density at radius 2 is 2.00 bits per heavy atom. The van der Waals surface area contributed by atoms with Crippen molar-refractivity contribution in [2.75, 3.05) is 19.6 Å². The summed E-state index contributed by atoms with van der Waals surface area (Å²) >= 11 is 0. The van der Waals surface area contributed by atoms with E-state index < -0.39 is 7.60 Å². The standard InChI is InChI=1S/C5H13O4P/c1-3-8-5-10(6,7)9-4-2/h3-5H2,1-2H3,(H,6,7). The normalized spacial score (nSPS) is 16.7. The average Bonchev–Trinajstić information content (AvgIpc) is 1.84. The van der Waals surface area contributed by atoms with Crippen molar-refractivity contribution in [3.05, 3.63) is 0 Å². The molecule has 0 radical (unpaired) electrons. The fourth-order valence-corrected chi connectivity index (χ4v) is 1.34. The first-order valence-corrected chi connectivity index (χ1v) is 4.92. The fourth-order valence-electron chi connectivity index (χ4n) is 0.446. The summed E-state index contributed by atoms with van der Waals surface area (Å²) in [6.45, 7) is 4.08. The summed E-state index contributed by atoms with van der Waals surface area (Å²) in [6.07, 6.45) is -0.211. The van der Waals surface area contributed by atoms with Crippen molar-refractivity contribution in [2.45, 2.75) is 13.8 Å². The fraction of sp³-hybridized carbons (Fsp3) is 1.00. The summed E-state index contributed by atoms with van der Waals surface area (Å²) < 4.78 is 20.0. The van der Waals surface area contributed by atoms with E-state index in [1.807, 2.05) is 0 Å². The maximum absolute atomic E-state index is 10.8. The van der Waals surface area contributed by atoms with Gasteiger partial charge in [0.05, 0.1) is 6.61 Å². The number of hydrogen-bond acceptors (Lipinski definition) is 3. The first-order valence-electron chi connectivity index (χ1n) is 3.16. The monoisotopic (exact) mass is 168 g/mol. The Morgan fingerprint density at radius 1 is 1.40 bits per heavy atom. The molecule has 0 aromatic rings. The third kappa shape index (κ3) is 4.94. The van der Waals surface area contributed by atoms with Crippen LogP contribution in [-0.4, -0.2) is 24.5 Å². The summed E-state index contributed by atoms with van der Waals surface area (Å²) in [5, 5.41) is 0. The molecule has 0 saturated carbocycles. The minimum Gasteiger partial charge on any atom is -0.369 e. The van der Waals surface area contributed by atoms with Gasteiger partial charge in [-0.25, -0.2) is 0 Å². The van der Waals surface area contributed by atoms with E-state index in [9.17, 15) is 4.57 Å². The molecule has 0 bridgehead atoms. The first kappa shape index (κ1) is 10.1. The summed E-state index contributed by atoms with van der Waals surface area (Å²) in [6, 6.07) is 0. The van der Waals surface area contributed by atoms with Gasteiger partial charge in [0.15, 0.2) is 0 Å². The Bertz CT molecular complexity index is 125. The molecule has 0 spiro atoms. The van der Waals surface area contributed by atoms with Crippen molar-refractivity contribution in [1.82, 2.24) is 0 Å². The van der Waals surface area contributed by atoms with Gasteiger partial charge in [0.2, 0.25) is 0 Å². The zero-order valence-corrected chi connectivity index (χ0v) is 7.13. The van der Waals surface area contributed by atoms with E-state index in [4.69, 9.17) is 9.63 Å². The molecule has 0 aliphatic heterocycles. The number of ether oxygens (including phenoxy) is 1. The highest BCUT2D eigenvalue weighted by molar-refractivity contribution is 7.52. The SMILES string of the molecule is CCOCP(=O)(O)OCC. The van der Waals surface area contributed by atoms with Crippen LogP contribution in [-0.2, 0) is 13.8 Å². The number of rotatable bonds is 5. The first-order chi connectivity index (χ1) is 4.62. The van der Waals surface area contributed by atoms with Crippen LogP contribution >= 0.6 is 7.60 Å². The quantitative estimate of drug-likeness (QED) is 0.626. The van der Waals surface area contributed by atoms with Crippen molar-refractivity contribution in [3.8, 4) is 0 Å². The van der Waals surface area contributed by atoms with Crippen molar-refractivity contribution < 1.29 is 18.7 Å². The largest absolute Gasteiger partial charge is 0.369 e.